The summed E-state index contributed by atoms with van der Waals surface area (Å²) in [7, 11) is 0. The molecule has 0 saturated carbocycles. The zero-order valence-corrected chi connectivity index (χ0v) is 11.8. The molecule has 0 aliphatic rings. The van der Waals surface area contributed by atoms with Crippen LogP contribution < -0.4 is 5.32 Å². The van der Waals surface area contributed by atoms with Gasteiger partial charge in [0.05, 0.1) is 10.6 Å². The number of phenols is 1. The highest BCUT2D eigenvalue weighted by molar-refractivity contribution is 7.98. The minimum atomic E-state index is -0.949. The van der Waals surface area contributed by atoms with E-state index in [4.69, 9.17) is 11.6 Å². The lowest BCUT2D eigenvalue weighted by Crippen LogP contribution is -2.42. The van der Waals surface area contributed by atoms with Crippen molar-refractivity contribution >= 4 is 29.3 Å². The zero-order chi connectivity index (χ0) is 13.8. The zero-order valence-electron chi connectivity index (χ0n) is 10.2. The summed E-state index contributed by atoms with van der Waals surface area (Å²) in [5.74, 6) is 0.129. The van der Waals surface area contributed by atoms with Gasteiger partial charge < -0.3 is 15.5 Å². The molecule has 100 valence electrons. The van der Waals surface area contributed by atoms with Crippen molar-refractivity contribution in [2.24, 2.45) is 0 Å². The van der Waals surface area contributed by atoms with Gasteiger partial charge in [0.25, 0.3) is 5.91 Å². The van der Waals surface area contributed by atoms with E-state index in [1.165, 1.54) is 30.0 Å². The number of amides is 1. The summed E-state index contributed by atoms with van der Waals surface area (Å²) < 4.78 is 0. The average Bonchev–Trinajstić information content (AvgIpc) is 2.30. The third kappa shape index (κ3) is 4.40. The number of nitrogens with one attached hydrogen (secondary N) is 1. The minimum absolute atomic E-state index is 0.0670. The monoisotopic (exact) mass is 289 g/mol. The lowest BCUT2D eigenvalue weighted by Gasteiger charge is -2.22. The minimum Gasteiger partial charge on any atom is -0.506 e. The molecule has 0 radical (unpaired) electrons. The van der Waals surface area contributed by atoms with Crippen molar-refractivity contribution in [3.8, 4) is 5.75 Å². The summed E-state index contributed by atoms with van der Waals surface area (Å²) >= 11 is 7.22. The molecule has 0 aliphatic carbocycles. The van der Waals surface area contributed by atoms with Crippen LogP contribution in [0, 0.1) is 0 Å². The van der Waals surface area contributed by atoms with E-state index in [0.717, 1.165) is 0 Å². The Bertz CT molecular complexity index is 437. The molecule has 1 aromatic carbocycles. The second-order valence-electron chi connectivity index (χ2n) is 4.28. The molecule has 1 rings (SSSR count). The first-order chi connectivity index (χ1) is 8.35. The van der Waals surface area contributed by atoms with E-state index in [2.05, 4.69) is 5.32 Å². The van der Waals surface area contributed by atoms with Crippen molar-refractivity contribution in [2.75, 3.05) is 18.6 Å². The Hall–Kier alpha value is -0.910. The maximum atomic E-state index is 11.8. The molecule has 0 saturated heterocycles. The van der Waals surface area contributed by atoms with Crippen LogP contribution in [0.15, 0.2) is 18.2 Å². The van der Waals surface area contributed by atoms with Crippen molar-refractivity contribution in [1.29, 1.82) is 0 Å². The van der Waals surface area contributed by atoms with Crippen molar-refractivity contribution in [3.63, 3.8) is 0 Å². The van der Waals surface area contributed by atoms with Crippen LogP contribution in [0.25, 0.3) is 0 Å². The molecular formula is C12H16ClNO3S. The number of thioether (sulfide) groups is 1. The van der Waals surface area contributed by atoms with Crippen LogP contribution in [0.3, 0.4) is 0 Å². The predicted molar refractivity (Wildman–Crippen MR) is 74.5 cm³/mol. The van der Waals surface area contributed by atoms with E-state index < -0.39 is 5.60 Å². The maximum Gasteiger partial charge on any atom is 0.251 e. The van der Waals surface area contributed by atoms with Gasteiger partial charge in [-0.1, -0.05) is 11.6 Å². The van der Waals surface area contributed by atoms with E-state index in [0.29, 0.717) is 11.3 Å². The Kier molecular flexibility index (Phi) is 5.31. The van der Waals surface area contributed by atoms with Gasteiger partial charge in [0, 0.05) is 17.9 Å². The number of rotatable bonds is 5. The fraction of sp³-hybridized carbons (Fsp3) is 0.417. The lowest BCUT2D eigenvalue weighted by atomic mass is 10.1. The van der Waals surface area contributed by atoms with Crippen LogP contribution in [0.4, 0.5) is 0 Å². The molecule has 1 unspecified atom stereocenters. The molecule has 1 amide bonds. The number of carbonyl (C=O) groups excluding carboxylic acids is 1. The highest BCUT2D eigenvalue weighted by Gasteiger charge is 2.20. The standard InChI is InChI=1S/C12H16ClNO3S/c1-12(17,7-18-2)6-14-11(16)8-3-4-10(15)9(13)5-8/h3-5,15,17H,6-7H2,1-2H3,(H,14,16). The molecule has 0 bridgehead atoms. The molecule has 3 N–H and O–H groups in total. The molecule has 18 heavy (non-hydrogen) atoms. The third-order valence-electron chi connectivity index (χ3n) is 2.29. The fourth-order valence-corrected chi connectivity index (χ4v) is 2.29. The molecule has 0 aliphatic heterocycles. The highest BCUT2D eigenvalue weighted by Crippen LogP contribution is 2.23. The second kappa shape index (κ2) is 6.31. The first-order valence-electron chi connectivity index (χ1n) is 5.34. The van der Waals surface area contributed by atoms with Crippen molar-refractivity contribution in [3.05, 3.63) is 28.8 Å². The Morgan fingerprint density at radius 2 is 2.22 bits per heavy atom. The van der Waals surface area contributed by atoms with Gasteiger partial charge in [-0.2, -0.15) is 11.8 Å². The van der Waals surface area contributed by atoms with Crippen molar-refractivity contribution < 1.29 is 15.0 Å². The quantitative estimate of drug-likeness (QED) is 0.774. The van der Waals surface area contributed by atoms with Crippen molar-refractivity contribution in [1.82, 2.24) is 5.32 Å². The van der Waals surface area contributed by atoms with Crippen molar-refractivity contribution in [2.45, 2.75) is 12.5 Å². The van der Waals surface area contributed by atoms with Crippen LogP contribution in [-0.4, -0.2) is 40.3 Å². The first kappa shape index (κ1) is 15.1. The SMILES string of the molecule is CSCC(C)(O)CNC(=O)c1ccc(O)c(Cl)c1. The smallest absolute Gasteiger partial charge is 0.251 e. The summed E-state index contributed by atoms with van der Waals surface area (Å²) in [6, 6.07) is 4.21. The van der Waals surface area contributed by atoms with Gasteiger partial charge in [-0.3, -0.25) is 4.79 Å². The number of carbonyl (C=O) groups is 1. The van der Waals surface area contributed by atoms with Crippen LogP contribution in [-0.2, 0) is 0 Å². The molecule has 1 atom stereocenters. The predicted octanol–water partition coefficient (Wildman–Crippen LogP) is 1.89. The third-order valence-corrected chi connectivity index (χ3v) is 3.51. The number of hydrogen-bond acceptors (Lipinski definition) is 4. The van der Waals surface area contributed by atoms with Gasteiger partial charge in [0.1, 0.15) is 5.75 Å². The number of phenolic OH excluding ortho intramolecular Hbond substituents is 1. The molecule has 0 spiro atoms. The van der Waals surface area contributed by atoms with Crippen LogP contribution in [0.1, 0.15) is 17.3 Å². The van der Waals surface area contributed by atoms with Crippen LogP contribution in [0.2, 0.25) is 5.02 Å². The summed E-state index contributed by atoms with van der Waals surface area (Å²) in [5.41, 5.74) is -0.603. The van der Waals surface area contributed by atoms with E-state index in [1.807, 2.05) is 6.26 Å². The second-order valence-corrected chi connectivity index (χ2v) is 5.55. The summed E-state index contributed by atoms with van der Waals surface area (Å²) in [4.78, 5) is 11.8. The van der Waals surface area contributed by atoms with Gasteiger partial charge in [0.2, 0.25) is 0 Å². The van der Waals surface area contributed by atoms with E-state index in [9.17, 15) is 15.0 Å². The van der Waals surface area contributed by atoms with Gasteiger partial charge in [-0.25, -0.2) is 0 Å². The van der Waals surface area contributed by atoms with Crippen LogP contribution >= 0.6 is 23.4 Å². The molecule has 1 aromatic rings. The molecule has 4 nitrogen and oxygen atoms in total. The number of halogens is 1. The van der Waals surface area contributed by atoms with Gasteiger partial charge >= 0.3 is 0 Å². The number of hydrogen-bond donors (Lipinski definition) is 3. The molecule has 6 heteroatoms. The summed E-state index contributed by atoms with van der Waals surface area (Å²) in [6.07, 6.45) is 1.88. The number of aromatic hydroxyl groups is 1. The van der Waals surface area contributed by atoms with E-state index in [-0.39, 0.29) is 23.2 Å². The molecule has 0 fully saturated rings. The summed E-state index contributed by atoms with van der Waals surface area (Å²) in [5, 5.41) is 21.9. The van der Waals surface area contributed by atoms with Gasteiger partial charge in [-0.15, -0.1) is 0 Å². The molecule has 0 heterocycles. The Morgan fingerprint density at radius 3 is 2.78 bits per heavy atom. The highest BCUT2D eigenvalue weighted by atomic mass is 35.5. The van der Waals surface area contributed by atoms with Crippen LogP contribution in [0.5, 0.6) is 5.75 Å². The normalized spacial score (nSPS) is 14.0. The Morgan fingerprint density at radius 1 is 1.56 bits per heavy atom. The van der Waals surface area contributed by atoms with Gasteiger partial charge in [0.15, 0.2) is 0 Å². The van der Waals surface area contributed by atoms with E-state index >= 15 is 0 Å². The largest absolute Gasteiger partial charge is 0.506 e. The van der Waals surface area contributed by atoms with E-state index in [1.54, 1.807) is 6.92 Å². The molecule has 0 aromatic heterocycles. The number of benzene rings is 1. The maximum absolute atomic E-state index is 11.8. The first-order valence-corrected chi connectivity index (χ1v) is 7.11. The number of aliphatic hydroxyl groups is 1. The topological polar surface area (TPSA) is 69.6 Å². The Labute approximate surface area is 115 Å². The Balaban J connectivity index is 2.63. The van der Waals surface area contributed by atoms with Gasteiger partial charge in [-0.05, 0) is 31.4 Å². The summed E-state index contributed by atoms with van der Waals surface area (Å²) in [6.45, 7) is 1.82. The average molecular weight is 290 g/mol. The lowest BCUT2D eigenvalue weighted by molar-refractivity contribution is 0.0725. The molecular weight excluding hydrogens is 274 g/mol. The fourth-order valence-electron chi connectivity index (χ4n) is 1.38.